The number of aliphatic carboxylic acids is 1. The molecule has 1 saturated heterocycles. The summed E-state index contributed by atoms with van der Waals surface area (Å²) in [4.78, 5) is 37.9. The fraction of sp³-hybridized carbons (Fsp3) is 0.300. The van der Waals surface area contributed by atoms with E-state index in [2.05, 4.69) is 0 Å². The highest BCUT2D eigenvalue weighted by Crippen LogP contribution is 2.34. The number of nitro benzene ring substituents is 1. The maximum Gasteiger partial charge on any atom is 0.410 e. The number of rotatable bonds is 6. The summed E-state index contributed by atoms with van der Waals surface area (Å²) >= 11 is 0. The molecule has 1 unspecified atom stereocenters. The summed E-state index contributed by atoms with van der Waals surface area (Å²) in [6.07, 6.45) is -0.634. The van der Waals surface area contributed by atoms with E-state index in [0.717, 1.165) is 5.56 Å². The van der Waals surface area contributed by atoms with Crippen LogP contribution < -0.4 is 9.64 Å². The van der Waals surface area contributed by atoms with E-state index in [1.165, 1.54) is 35.1 Å². The van der Waals surface area contributed by atoms with Crippen LogP contribution in [0.15, 0.2) is 48.5 Å². The van der Waals surface area contributed by atoms with E-state index in [9.17, 15) is 24.8 Å². The maximum absolute atomic E-state index is 12.4. The highest BCUT2D eigenvalue weighted by atomic mass is 16.6. The first-order valence-corrected chi connectivity index (χ1v) is 9.18. The SMILES string of the molecule is COc1ccc([N+](=O)[O-])c(N2CCN(C(=O)OCc3ccccc3)CC2C(=O)O)c1. The number of carbonyl (C=O) groups excluding carboxylic acids is 1. The second-order valence-corrected chi connectivity index (χ2v) is 6.65. The molecule has 0 spiro atoms. The van der Waals surface area contributed by atoms with Crippen LogP contribution in [0.3, 0.4) is 0 Å². The third-order valence-electron chi connectivity index (χ3n) is 4.82. The summed E-state index contributed by atoms with van der Waals surface area (Å²) in [7, 11) is 1.42. The van der Waals surface area contributed by atoms with Crippen LogP contribution >= 0.6 is 0 Å². The molecular formula is C20H21N3O7. The van der Waals surface area contributed by atoms with Crippen LogP contribution in [0.4, 0.5) is 16.2 Å². The Morgan fingerprint density at radius 2 is 1.93 bits per heavy atom. The Bertz CT molecular complexity index is 935. The number of nitrogens with zero attached hydrogens (tertiary/aromatic N) is 3. The van der Waals surface area contributed by atoms with Crippen molar-refractivity contribution >= 4 is 23.4 Å². The Labute approximate surface area is 172 Å². The zero-order valence-corrected chi connectivity index (χ0v) is 16.3. The second kappa shape index (κ2) is 9.12. The van der Waals surface area contributed by atoms with Gasteiger partial charge in [-0.3, -0.25) is 10.1 Å². The number of anilines is 1. The van der Waals surface area contributed by atoms with Gasteiger partial charge in [0.15, 0.2) is 0 Å². The van der Waals surface area contributed by atoms with Crippen molar-refractivity contribution in [3.8, 4) is 5.75 Å². The Kier molecular flexibility index (Phi) is 6.35. The number of carbonyl (C=O) groups is 2. The van der Waals surface area contributed by atoms with Gasteiger partial charge in [-0.15, -0.1) is 0 Å². The molecule has 1 atom stereocenters. The first-order chi connectivity index (χ1) is 14.4. The molecule has 2 aromatic carbocycles. The summed E-state index contributed by atoms with van der Waals surface area (Å²) in [6.45, 7) is 0.146. The molecule has 10 nitrogen and oxygen atoms in total. The van der Waals surface area contributed by atoms with Crippen LogP contribution in [0, 0.1) is 10.1 Å². The average Bonchev–Trinajstić information content (AvgIpc) is 2.77. The molecule has 0 saturated carbocycles. The third kappa shape index (κ3) is 4.59. The van der Waals surface area contributed by atoms with Crippen LogP contribution in [-0.2, 0) is 16.1 Å². The quantitative estimate of drug-likeness (QED) is 0.564. The van der Waals surface area contributed by atoms with Gasteiger partial charge in [0.1, 0.15) is 24.1 Å². The van der Waals surface area contributed by atoms with Crippen molar-refractivity contribution < 1.29 is 29.1 Å². The number of ether oxygens (including phenoxy) is 2. The van der Waals surface area contributed by atoms with Gasteiger partial charge in [-0.1, -0.05) is 30.3 Å². The van der Waals surface area contributed by atoms with Crippen LogP contribution in [0.5, 0.6) is 5.75 Å². The average molecular weight is 415 g/mol. The number of benzene rings is 2. The number of carboxylic acid groups (broad SMARTS) is 1. The number of nitro groups is 1. The zero-order chi connectivity index (χ0) is 21.7. The first kappa shape index (κ1) is 20.9. The fourth-order valence-corrected chi connectivity index (χ4v) is 3.27. The molecule has 158 valence electrons. The minimum atomic E-state index is -1.20. The predicted molar refractivity (Wildman–Crippen MR) is 107 cm³/mol. The first-order valence-electron chi connectivity index (χ1n) is 9.18. The number of piperazine rings is 1. The Hall–Kier alpha value is -3.82. The molecule has 1 fully saturated rings. The molecule has 10 heteroatoms. The lowest BCUT2D eigenvalue weighted by Gasteiger charge is -2.39. The minimum Gasteiger partial charge on any atom is -0.497 e. The molecule has 1 N–H and O–H groups in total. The molecule has 1 heterocycles. The zero-order valence-electron chi connectivity index (χ0n) is 16.3. The van der Waals surface area contributed by atoms with Crippen molar-refractivity contribution in [1.29, 1.82) is 0 Å². The van der Waals surface area contributed by atoms with Crippen molar-refractivity contribution in [2.75, 3.05) is 31.6 Å². The van der Waals surface area contributed by atoms with E-state index in [1.54, 1.807) is 0 Å². The van der Waals surface area contributed by atoms with Crippen molar-refractivity contribution in [3.63, 3.8) is 0 Å². The van der Waals surface area contributed by atoms with Gasteiger partial charge in [0.05, 0.1) is 18.6 Å². The van der Waals surface area contributed by atoms with Gasteiger partial charge < -0.3 is 24.4 Å². The van der Waals surface area contributed by atoms with E-state index >= 15 is 0 Å². The number of hydrogen-bond acceptors (Lipinski definition) is 7. The Morgan fingerprint density at radius 3 is 2.57 bits per heavy atom. The molecule has 1 amide bonds. The van der Waals surface area contributed by atoms with Crippen LogP contribution in [0.25, 0.3) is 0 Å². The lowest BCUT2D eigenvalue weighted by Crippen LogP contribution is -2.58. The lowest BCUT2D eigenvalue weighted by atomic mass is 10.1. The largest absolute Gasteiger partial charge is 0.497 e. The Balaban J connectivity index is 1.77. The van der Waals surface area contributed by atoms with Crippen LogP contribution in [0.1, 0.15) is 5.56 Å². The summed E-state index contributed by atoms with van der Waals surface area (Å²) in [5.41, 5.74) is 0.706. The number of amides is 1. The van der Waals surface area contributed by atoms with E-state index < -0.39 is 23.0 Å². The smallest absolute Gasteiger partial charge is 0.410 e. The highest BCUT2D eigenvalue weighted by molar-refractivity contribution is 5.82. The molecule has 30 heavy (non-hydrogen) atoms. The topological polar surface area (TPSA) is 122 Å². The van der Waals surface area contributed by atoms with Gasteiger partial charge in [-0.05, 0) is 11.6 Å². The van der Waals surface area contributed by atoms with Crippen molar-refractivity contribution in [3.05, 3.63) is 64.2 Å². The molecule has 2 aromatic rings. The Morgan fingerprint density at radius 1 is 1.20 bits per heavy atom. The normalized spacial score (nSPS) is 16.1. The van der Waals surface area contributed by atoms with E-state index in [-0.39, 0.29) is 37.6 Å². The molecule has 0 radical (unpaired) electrons. The minimum absolute atomic E-state index is 0.0684. The van der Waals surface area contributed by atoms with Gasteiger partial charge >= 0.3 is 12.1 Å². The van der Waals surface area contributed by atoms with Gasteiger partial charge in [-0.2, -0.15) is 0 Å². The summed E-state index contributed by atoms with van der Waals surface area (Å²) in [5, 5.41) is 21.2. The maximum atomic E-state index is 12.4. The van der Waals surface area contributed by atoms with Gasteiger partial charge in [0, 0.05) is 25.2 Å². The molecule has 0 aromatic heterocycles. The predicted octanol–water partition coefficient (Wildman–Crippen LogP) is 2.52. The number of carboxylic acids is 1. The van der Waals surface area contributed by atoms with Crippen molar-refractivity contribution in [1.82, 2.24) is 4.90 Å². The van der Waals surface area contributed by atoms with Gasteiger partial charge in [0.2, 0.25) is 0 Å². The van der Waals surface area contributed by atoms with Crippen molar-refractivity contribution in [2.45, 2.75) is 12.6 Å². The van der Waals surface area contributed by atoms with E-state index in [0.29, 0.717) is 5.75 Å². The molecule has 0 bridgehead atoms. The van der Waals surface area contributed by atoms with E-state index in [1.807, 2.05) is 30.3 Å². The monoisotopic (exact) mass is 415 g/mol. The standard InChI is InChI=1S/C20H21N3O7/c1-29-15-7-8-16(23(27)28)17(11-15)22-10-9-21(12-18(22)19(24)25)20(26)30-13-14-5-3-2-4-6-14/h2-8,11,18H,9-10,12-13H2,1H3,(H,24,25). The molecule has 1 aliphatic rings. The van der Waals surface area contributed by atoms with Crippen LogP contribution in [-0.4, -0.2) is 59.8 Å². The summed E-state index contributed by atoms with van der Waals surface area (Å²) < 4.78 is 10.4. The molecule has 1 aliphatic heterocycles. The number of hydrogen-bond donors (Lipinski definition) is 1. The second-order valence-electron chi connectivity index (χ2n) is 6.65. The number of methoxy groups -OCH3 is 1. The van der Waals surface area contributed by atoms with E-state index in [4.69, 9.17) is 9.47 Å². The summed E-state index contributed by atoms with van der Waals surface area (Å²) in [6, 6.07) is 12.1. The lowest BCUT2D eigenvalue weighted by molar-refractivity contribution is -0.384. The fourth-order valence-electron chi connectivity index (χ4n) is 3.27. The third-order valence-corrected chi connectivity index (χ3v) is 4.82. The molecule has 3 rings (SSSR count). The van der Waals surface area contributed by atoms with Crippen molar-refractivity contribution in [2.24, 2.45) is 0 Å². The van der Waals surface area contributed by atoms with Crippen LogP contribution in [0.2, 0.25) is 0 Å². The molecule has 0 aliphatic carbocycles. The highest BCUT2D eigenvalue weighted by Gasteiger charge is 2.37. The van der Waals surface area contributed by atoms with Gasteiger partial charge in [-0.25, -0.2) is 9.59 Å². The summed E-state index contributed by atoms with van der Waals surface area (Å²) in [5.74, 6) is -0.836. The molecular weight excluding hydrogens is 394 g/mol. The van der Waals surface area contributed by atoms with Gasteiger partial charge in [0.25, 0.3) is 5.69 Å².